The van der Waals surface area contributed by atoms with Crippen LogP contribution in [0.5, 0.6) is 0 Å². The van der Waals surface area contributed by atoms with Crippen LogP contribution in [0.3, 0.4) is 0 Å². The van der Waals surface area contributed by atoms with Crippen LogP contribution in [0.1, 0.15) is 78.1 Å². The third-order valence-corrected chi connectivity index (χ3v) is 5.28. The maximum absolute atomic E-state index is 12.2. The van der Waals surface area contributed by atoms with Crippen molar-refractivity contribution in [2.45, 2.75) is 90.1 Å². The van der Waals surface area contributed by atoms with Crippen LogP contribution >= 0.6 is 0 Å². The van der Waals surface area contributed by atoms with E-state index < -0.39 is 0 Å². The van der Waals surface area contributed by atoms with Crippen LogP contribution < -0.4 is 0 Å². The van der Waals surface area contributed by atoms with Crippen LogP contribution in [-0.4, -0.2) is 46.8 Å². The molecule has 2 rings (SSSR count). The number of likely N-dealkylation sites (tertiary alicyclic amines) is 2. The summed E-state index contributed by atoms with van der Waals surface area (Å²) in [6.45, 7) is 6.14. The van der Waals surface area contributed by atoms with Gasteiger partial charge in [-0.2, -0.15) is 0 Å². The minimum Gasteiger partial charge on any atom is -0.340 e. The molecular formula is C18H32N2O2. The Labute approximate surface area is 135 Å². The molecule has 126 valence electrons. The highest BCUT2D eigenvalue weighted by Crippen LogP contribution is 2.20. The Bertz CT molecular complexity index is 347. The number of rotatable bonds is 5. The summed E-state index contributed by atoms with van der Waals surface area (Å²) in [7, 11) is 0. The number of piperidine rings is 2. The molecule has 2 aliphatic heterocycles. The zero-order valence-corrected chi connectivity index (χ0v) is 14.4. The normalized spacial score (nSPS) is 26.1. The summed E-state index contributed by atoms with van der Waals surface area (Å²) >= 11 is 0. The van der Waals surface area contributed by atoms with Crippen LogP contribution in [0.2, 0.25) is 0 Å². The third-order valence-electron chi connectivity index (χ3n) is 5.28. The molecule has 22 heavy (non-hydrogen) atoms. The monoisotopic (exact) mass is 308 g/mol. The fraction of sp³-hybridized carbons (Fsp3) is 0.889. The van der Waals surface area contributed by atoms with E-state index in [1.807, 2.05) is 9.80 Å². The molecule has 4 nitrogen and oxygen atoms in total. The Morgan fingerprint density at radius 2 is 1.18 bits per heavy atom. The smallest absolute Gasteiger partial charge is 0.222 e. The van der Waals surface area contributed by atoms with E-state index in [0.717, 1.165) is 51.6 Å². The zero-order valence-electron chi connectivity index (χ0n) is 14.4. The fourth-order valence-corrected chi connectivity index (χ4v) is 3.78. The molecule has 0 aliphatic carbocycles. The second kappa shape index (κ2) is 8.54. The summed E-state index contributed by atoms with van der Waals surface area (Å²) in [5.74, 6) is 0.567. The van der Waals surface area contributed by atoms with Gasteiger partial charge in [0.15, 0.2) is 0 Å². The second-order valence-corrected chi connectivity index (χ2v) is 7.07. The van der Waals surface area contributed by atoms with Gasteiger partial charge in [0.1, 0.15) is 0 Å². The van der Waals surface area contributed by atoms with Gasteiger partial charge in [0, 0.05) is 38.0 Å². The summed E-state index contributed by atoms with van der Waals surface area (Å²) in [5, 5.41) is 0. The predicted molar refractivity (Wildman–Crippen MR) is 88.5 cm³/mol. The average Bonchev–Trinajstić information content (AvgIpc) is 2.52. The Morgan fingerprint density at radius 1 is 0.773 bits per heavy atom. The van der Waals surface area contributed by atoms with Crippen LogP contribution in [0.25, 0.3) is 0 Å². The first-order chi connectivity index (χ1) is 10.6. The van der Waals surface area contributed by atoms with Crippen LogP contribution in [-0.2, 0) is 9.59 Å². The lowest BCUT2D eigenvalue weighted by Gasteiger charge is -2.34. The van der Waals surface area contributed by atoms with Crippen molar-refractivity contribution in [1.82, 2.24) is 9.80 Å². The SMILES string of the molecule is C[C@H]1CCCCN1C(=O)CCCCC(=O)N1CCCC[C@@H]1C. The molecule has 2 heterocycles. The third kappa shape index (κ3) is 4.72. The molecule has 0 radical (unpaired) electrons. The van der Waals surface area contributed by atoms with E-state index in [1.165, 1.54) is 12.8 Å². The summed E-state index contributed by atoms with van der Waals surface area (Å²) in [6, 6.07) is 0.800. The van der Waals surface area contributed by atoms with Crippen molar-refractivity contribution in [3.63, 3.8) is 0 Å². The molecule has 2 aliphatic rings. The first kappa shape index (κ1) is 17.3. The summed E-state index contributed by atoms with van der Waals surface area (Å²) in [6.07, 6.45) is 9.93. The lowest BCUT2D eigenvalue weighted by atomic mass is 10.0. The van der Waals surface area contributed by atoms with Gasteiger partial charge in [0.05, 0.1) is 0 Å². The van der Waals surface area contributed by atoms with E-state index in [0.29, 0.717) is 24.9 Å². The number of hydrogen-bond acceptors (Lipinski definition) is 2. The van der Waals surface area contributed by atoms with Crippen molar-refractivity contribution < 1.29 is 9.59 Å². The highest BCUT2D eigenvalue weighted by molar-refractivity contribution is 5.77. The van der Waals surface area contributed by atoms with Gasteiger partial charge in [-0.3, -0.25) is 9.59 Å². The van der Waals surface area contributed by atoms with Gasteiger partial charge in [-0.05, 0) is 65.2 Å². The van der Waals surface area contributed by atoms with Crippen molar-refractivity contribution in [1.29, 1.82) is 0 Å². The van der Waals surface area contributed by atoms with Crippen LogP contribution in [0.4, 0.5) is 0 Å². The highest BCUT2D eigenvalue weighted by Gasteiger charge is 2.24. The van der Waals surface area contributed by atoms with Gasteiger partial charge in [-0.15, -0.1) is 0 Å². The first-order valence-corrected chi connectivity index (χ1v) is 9.18. The average molecular weight is 308 g/mol. The molecule has 0 bridgehead atoms. The maximum Gasteiger partial charge on any atom is 0.222 e. The van der Waals surface area contributed by atoms with E-state index in [4.69, 9.17) is 0 Å². The summed E-state index contributed by atoms with van der Waals surface area (Å²) in [4.78, 5) is 28.6. The molecule has 0 aromatic rings. The standard InChI is InChI=1S/C18H32N2O2/c1-15-9-5-7-13-19(15)17(21)11-3-4-12-18(22)20-14-8-6-10-16(20)2/h15-16H,3-14H2,1-2H3/t15-,16-/m0/s1. The number of carbonyl (C=O) groups excluding carboxylic acids is 2. The Balaban J connectivity index is 1.64. The number of hydrogen-bond donors (Lipinski definition) is 0. The minimum atomic E-state index is 0.283. The molecule has 0 aromatic heterocycles. The number of nitrogens with zero attached hydrogens (tertiary/aromatic N) is 2. The van der Waals surface area contributed by atoms with Crippen molar-refractivity contribution in [3.05, 3.63) is 0 Å². The van der Waals surface area contributed by atoms with Gasteiger partial charge in [0.2, 0.25) is 11.8 Å². The number of unbranched alkanes of at least 4 members (excludes halogenated alkanes) is 1. The minimum absolute atomic E-state index is 0.283. The fourth-order valence-electron chi connectivity index (χ4n) is 3.78. The lowest BCUT2D eigenvalue weighted by Crippen LogP contribution is -2.42. The predicted octanol–water partition coefficient (Wildman–Crippen LogP) is 3.35. The van der Waals surface area contributed by atoms with E-state index >= 15 is 0 Å². The quantitative estimate of drug-likeness (QED) is 0.731. The molecule has 4 heteroatoms. The van der Waals surface area contributed by atoms with Gasteiger partial charge < -0.3 is 9.80 Å². The maximum atomic E-state index is 12.2. The second-order valence-electron chi connectivity index (χ2n) is 7.07. The van der Waals surface area contributed by atoms with Gasteiger partial charge >= 0.3 is 0 Å². The molecule has 2 atom stereocenters. The van der Waals surface area contributed by atoms with Gasteiger partial charge in [-0.1, -0.05) is 0 Å². The zero-order chi connectivity index (χ0) is 15.9. The molecule has 0 aromatic carbocycles. The van der Waals surface area contributed by atoms with Gasteiger partial charge in [0.25, 0.3) is 0 Å². The van der Waals surface area contributed by atoms with Gasteiger partial charge in [-0.25, -0.2) is 0 Å². The lowest BCUT2D eigenvalue weighted by molar-refractivity contribution is -0.136. The van der Waals surface area contributed by atoms with E-state index in [2.05, 4.69) is 13.8 Å². The van der Waals surface area contributed by atoms with Crippen molar-refractivity contribution in [3.8, 4) is 0 Å². The molecule has 0 saturated carbocycles. The number of carbonyl (C=O) groups is 2. The number of amides is 2. The van der Waals surface area contributed by atoms with E-state index in [9.17, 15) is 9.59 Å². The molecular weight excluding hydrogens is 276 g/mol. The van der Waals surface area contributed by atoms with E-state index in [-0.39, 0.29) is 11.8 Å². The molecule has 0 unspecified atom stereocenters. The van der Waals surface area contributed by atoms with Crippen molar-refractivity contribution >= 4 is 11.8 Å². The van der Waals surface area contributed by atoms with Crippen molar-refractivity contribution in [2.24, 2.45) is 0 Å². The topological polar surface area (TPSA) is 40.6 Å². The Kier molecular flexibility index (Phi) is 6.71. The van der Waals surface area contributed by atoms with Crippen LogP contribution in [0, 0.1) is 0 Å². The Morgan fingerprint density at radius 3 is 1.55 bits per heavy atom. The van der Waals surface area contributed by atoms with Crippen LogP contribution in [0.15, 0.2) is 0 Å². The summed E-state index contributed by atoms with van der Waals surface area (Å²) < 4.78 is 0. The highest BCUT2D eigenvalue weighted by atomic mass is 16.2. The van der Waals surface area contributed by atoms with Crippen molar-refractivity contribution in [2.75, 3.05) is 13.1 Å². The molecule has 0 spiro atoms. The largest absolute Gasteiger partial charge is 0.340 e. The molecule has 2 fully saturated rings. The van der Waals surface area contributed by atoms with E-state index in [1.54, 1.807) is 0 Å². The summed E-state index contributed by atoms with van der Waals surface area (Å²) in [5.41, 5.74) is 0. The molecule has 0 N–H and O–H groups in total. The molecule has 2 saturated heterocycles. The molecule has 2 amide bonds. The first-order valence-electron chi connectivity index (χ1n) is 9.18. The Hall–Kier alpha value is -1.06.